The number of halogens is 1. The van der Waals surface area contributed by atoms with Crippen LogP contribution in [-0.2, 0) is 0 Å². The Morgan fingerprint density at radius 1 is 1.33 bits per heavy atom. The lowest BCUT2D eigenvalue weighted by Gasteiger charge is -2.29. The van der Waals surface area contributed by atoms with Crippen molar-refractivity contribution in [2.24, 2.45) is 0 Å². The minimum atomic E-state index is -1.39. The van der Waals surface area contributed by atoms with Crippen LogP contribution < -0.4 is 4.65 Å². The van der Waals surface area contributed by atoms with E-state index in [1.807, 2.05) is 0 Å². The van der Waals surface area contributed by atoms with E-state index in [4.69, 9.17) is 11.1 Å². The van der Waals surface area contributed by atoms with Crippen molar-refractivity contribution in [3.63, 3.8) is 0 Å². The van der Waals surface area contributed by atoms with Gasteiger partial charge in [0.05, 0.1) is 20.1 Å². The molecule has 0 aliphatic rings. The van der Waals surface area contributed by atoms with Crippen LogP contribution in [0, 0.1) is 0 Å². The zero-order chi connectivity index (χ0) is 10.4. The van der Waals surface area contributed by atoms with Gasteiger partial charge in [-0.2, -0.15) is 11.1 Å². The highest BCUT2D eigenvalue weighted by molar-refractivity contribution is 7.20. The molecule has 0 aliphatic carbocycles. The van der Waals surface area contributed by atoms with Crippen LogP contribution >= 0.6 is 11.1 Å². The van der Waals surface area contributed by atoms with E-state index in [2.05, 4.69) is 45.1 Å². The highest BCUT2D eigenvalue weighted by atomic mass is 35.6. The molecule has 0 amide bonds. The zero-order valence-electron chi connectivity index (χ0n) is 9.59. The molecule has 0 fully saturated rings. The van der Waals surface area contributed by atoms with Gasteiger partial charge in [0.1, 0.15) is 0 Å². The third kappa shape index (κ3) is 8.99. The summed E-state index contributed by atoms with van der Waals surface area (Å²) in [6.45, 7) is 13.2. The quantitative estimate of drug-likeness (QED) is 0.538. The molecular weight excluding hydrogens is 218 g/mol. The second kappa shape index (κ2) is 6.37. The molecule has 0 unspecified atom stereocenters. The Kier molecular flexibility index (Phi) is 8.16. The summed E-state index contributed by atoms with van der Waals surface area (Å²) in [5, 5.41) is 0.342. The van der Waals surface area contributed by atoms with E-state index in [1.165, 1.54) is 10.4 Å². The Morgan fingerprint density at radius 3 is 1.50 bits per heavy atom. The molecule has 0 aromatic heterocycles. The first-order valence-corrected chi connectivity index (χ1v) is 11.6. The van der Waals surface area contributed by atoms with Gasteiger partial charge in [-0.05, 0) is 5.04 Å². The van der Waals surface area contributed by atoms with E-state index in [0.717, 1.165) is 0 Å². The van der Waals surface area contributed by atoms with Crippen LogP contribution in [0.1, 0.15) is 20.8 Å². The predicted molar refractivity (Wildman–Crippen MR) is 70.5 cm³/mol. The Labute approximate surface area is 88.8 Å². The van der Waals surface area contributed by atoms with E-state index < -0.39 is 7.38 Å². The van der Waals surface area contributed by atoms with Gasteiger partial charge in [-0.25, -0.2) is 0 Å². The standard InChI is InChI=1S/C6H15ClSi.CH9NSi2/c1-6(2,3)8(4,5)7;1-4-2-3/h1-5H3;2H,4H2,1,3H3. The molecule has 0 saturated heterocycles. The van der Waals surface area contributed by atoms with Crippen LogP contribution in [0.5, 0.6) is 0 Å². The minimum absolute atomic E-state index is 0.236. The third-order valence-corrected chi connectivity index (χ3v) is 10.2. The van der Waals surface area contributed by atoms with Gasteiger partial charge in [-0.3, -0.25) is 0 Å². The average molecular weight is 242 g/mol. The van der Waals surface area contributed by atoms with Crippen LogP contribution in [0.25, 0.3) is 0 Å². The summed E-state index contributed by atoms with van der Waals surface area (Å²) in [4.78, 5) is 0. The monoisotopic (exact) mass is 241 g/mol. The molecule has 0 bridgehead atoms. The van der Waals surface area contributed by atoms with Crippen LogP contribution in [-0.4, -0.2) is 27.5 Å². The topological polar surface area (TPSA) is 12.0 Å². The first-order chi connectivity index (χ1) is 5.16. The Morgan fingerprint density at radius 2 is 1.50 bits per heavy atom. The molecule has 1 N–H and O–H groups in total. The van der Waals surface area contributed by atoms with Gasteiger partial charge in [0.25, 0.3) is 0 Å². The average Bonchev–Trinajstić information content (AvgIpc) is 1.84. The minimum Gasteiger partial charge on any atom is -0.372 e. The molecule has 76 valence electrons. The molecule has 0 radical (unpaired) electrons. The number of rotatable bonds is 1. The van der Waals surface area contributed by atoms with Gasteiger partial charge in [0.2, 0.25) is 0 Å². The molecule has 0 rings (SSSR count). The molecule has 0 heterocycles. The number of nitrogens with one attached hydrogen (secondary N) is 1. The third-order valence-electron chi connectivity index (χ3n) is 2.14. The van der Waals surface area contributed by atoms with Crippen molar-refractivity contribution in [2.75, 3.05) is 0 Å². The fraction of sp³-hybridized carbons (Fsp3) is 1.00. The SMILES string of the molecule is CC(C)(C)[Si](C)(C)Cl.C[SiH2]N[SiH3]. The molecule has 12 heavy (non-hydrogen) atoms. The number of hydrogen-bond donors (Lipinski definition) is 1. The fourth-order valence-electron chi connectivity index (χ4n) is 0. The van der Waals surface area contributed by atoms with Gasteiger partial charge in [-0.15, -0.1) is 0 Å². The first kappa shape index (κ1) is 15.4. The summed E-state index contributed by atoms with van der Waals surface area (Å²) in [7, 11) is 0.0509. The van der Waals surface area contributed by atoms with Crippen LogP contribution in [0.3, 0.4) is 0 Å². The summed E-state index contributed by atoms with van der Waals surface area (Å²) < 4.78 is 3.21. The zero-order valence-corrected chi connectivity index (χ0v) is 14.8. The lowest BCUT2D eigenvalue weighted by molar-refractivity contribution is 0.735. The van der Waals surface area contributed by atoms with E-state index >= 15 is 0 Å². The van der Waals surface area contributed by atoms with E-state index in [-0.39, 0.29) is 9.68 Å². The maximum atomic E-state index is 6.15. The lowest BCUT2D eigenvalue weighted by Crippen LogP contribution is -2.29. The van der Waals surface area contributed by atoms with Crippen LogP contribution in [0.15, 0.2) is 0 Å². The smallest absolute Gasteiger partial charge is 0.155 e. The fourth-order valence-corrected chi connectivity index (χ4v) is 0. The van der Waals surface area contributed by atoms with Gasteiger partial charge < -0.3 is 4.65 Å². The van der Waals surface area contributed by atoms with Crippen LogP contribution in [0.4, 0.5) is 0 Å². The Balaban J connectivity index is 0. The van der Waals surface area contributed by atoms with Crippen molar-refractivity contribution in [1.29, 1.82) is 0 Å². The number of hydrogen-bond acceptors (Lipinski definition) is 1. The molecule has 0 aromatic carbocycles. The normalized spacial score (nSPS) is 13.2. The molecule has 1 nitrogen and oxygen atoms in total. The molecule has 0 aromatic rings. The highest BCUT2D eigenvalue weighted by Crippen LogP contribution is 2.38. The summed E-state index contributed by atoms with van der Waals surface area (Å²) in [5.74, 6) is 0. The summed E-state index contributed by atoms with van der Waals surface area (Å²) in [6, 6.07) is 0. The van der Waals surface area contributed by atoms with Crippen LogP contribution in [0.2, 0.25) is 24.7 Å². The molecular formula is C7H24ClNSi3. The summed E-state index contributed by atoms with van der Waals surface area (Å²) in [5.41, 5.74) is 0. The van der Waals surface area contributed by atoms with Gasteiger partial charge in [0.15, 0.2) is 7.38 Å². The van der Waals surface area contributed by atoms with Crippen molar-refractivity contribution >= 4 is 38.5 Å². The molecule has 5 heteroatoms. The second-order valence-corrected chi connectivity index (χ2v) is 15.2. The van der Waals surface area contributed by atoms with E-state index in [1.54, 1.807) is 0 Å². The van der Waals surface area contributed by atoms with Crippen molar-refractivity contribution in [3.8, 4) is 0 Å². The molecule has 0 atom stereocenters. The van der Waals surface area contributed by atoms with Crippen molar-refractivity contribution < 1.29 is 0 Å². The lowest BCUT2D eigenvalue weighted by atomic mass is 10.2. The Hall–Kier alpha value is 0.901. The van der Waals surface area contributed by atoms with Gasteiger partial charge in [-0.1, -0.05) is 40.4 Å². The van der Waals surface area contributed by atoms with E-state index in [0.29, 0.717) is 5.04 Å². The largest absolute Gasteiger partial charge is 0.372 e. The maximum Gasteiger partial charge on any atom is 0.155 e. The van der Waals surface area contributed by atoms with Crippen molar-refractivity contribution in [3.05, 3.63) is 0 Å². The van der Waals surface area contributed by atoms with Gasteiger partial charge in [0, 0.05) is 0 Å². The predicted octanol–water partition coefficient (Wildman–Crippen LogP) is 1.22. The first-order valence-electron chi connectivity index (χ1n) is 4.50. The molecule has 0 saturated carbocycles. The maximum absolute atomic E-state index is 6.15. The van der Waals surface area contributed by atoms with Crippen molar-refractivity contribution in [2.45, 2.75) is 45.5 Å². The highest BCUT2D eigenvalue weighted by Gasteiger charge is 2.32. The molecule has 0 aliphatic heterocycles. The van der Waals surface area contributed by atoms with Crippen molar-refractivity contribution in [1.82, 2.24) is 4.65 Å². The van der Waals surface area contributed by atoms with E-state index in [9.17, 15) is 0 Å². The Bertz CT molecular complexity index is 92.2. The van der Waals surface area contributed by atoms with Gasteiger partial charge >= 0.3 is 0 Å². The second-order valence-electron chi connectivity index (χ2n) is 4.43. The molecule has 0 spiro atoms. The summed E-state index contributed by atoms with van der Waals surface area (Å²) >= 11 is 6.15. The summed E-state index contributed by atoms with van der Waals surface area (Å²) in [6.07, 6.45) is 0.